The van der Waals surface area contributed by atoms with Crippen LogP contribution in [0.3, 0.4) is 0 Å². The van der Waals surface area contributed by atoms with Gasteiger partial charge in [-0.05, 0) is 68.4 Å². The fourth-order valence-corrected chi connectivity index (χ4v) is 4.35. The second kappa shape index (κ2) is 7.39. The van der Waals surface area contributed by atoms with Gasteiger partial charge in [0.1, 0.15) is 11.6 Å². The zero-order valence-electron chi connectivity index (χ0n) is 16.0. The number of hydrogen-bond donors (Lipinski definition) is 1. The van der Waals surface area contributed by atoms with E-state index in [9.17, 15) is 0 Å². The molecule has 2 heterocycles. The maximum Gasteiger partial charge on any atom is 0.127 e. The summed E-state index contributed by atoms with van der Waals surface area (Å²) in [5, 5.41) is 10.0. The number of rotatable bonds is 5. The van der Waals surface area contributed by atoms with Crippen molar-refractivity contribution in [3.63, 3.8) is 0 Å². The van der Waals surface area contributed by atoms with Gasteiger partial charge in [-0.3, -0.25) is 4.68 Å². The van der Waals surface area contributed by atoms with E-state index in [1.165, 1.54) is 12.0 Å². The van der Waals surface area contributed by atoms with Gasteiger partial charge >= 0.3 is 0 Å². The van der Waals surface area contributed by atoms with Gasteiger partial charge in [-0.15, -0.1) is 0 Å². The number of hydrogen-bond acceptors (Lipinski definition) is 4. The number of halogens is 1. The minimum atomic E-state index is 0.445. The van der Waals surface area contributed by atoms with Gasteiger partial charge in [-0.2, -0.15) is 5.10 Å². The van der Waals surface area contributed by atoms with Crippen LogP contribution in [0.2, 0.25) is 5.02 Å². The molecule has 0 spiro atoms. The lowest BCUT2D eigenvalue weighted by molar-refractivity contribution is 0.415. The van der Waals surface area contributed by atoms with Gasteiger partial charge in [0, 0.05) is 24.7 Å². The number of methoxy groups -OCH3 is 1. The molecule has 0 unspecified atom stereocenters. The van der Waals surface area contributed by atoms with Crippen LogP contribution >= 0.6 is 11.6 Å². The lowest BCUT2D eigenvalue weighted by Crippen LogP contribution is -2.17. The summed E-state index contributed by atoms with van der Waals surface area (Å²) in [6.45, 7) is 2.12. The topological polar surface area (TPSA) is 52.0 Å². The highest BCUT2D eigenvalue weighted by molar-refractivity contribution is 6.31. The number of benzene rings is 1. The molecule has 27 heavy (non-hydrogen) atoms. The molecule has 1 aromatic carbocycles. The van der Waals surface area contributed by atoms with Crippen LogP contribution in [0, 0.1) is 12.8 Å². The number of nitrogens with one attached hydrogen (secondary N) is 1. The van der Waals surface area contributed by atoms with E-state index < -0.39 is 0 Å². The molecule has 0 saturated heterocycles. The number of aromatic nitrogens is 3. The number of fused-ring (bicyclic) bond motifs is 1. The van der Waals surface area contributed by atoms with Crippen LogP contribution in [0.4, 0.5) is 5.82 Å². The maximum atomic E-state index is 6.27. The van der Waals surface area contributed by atoms with Gasteiger partial charge in [-0.1, -0.05) is 11.6 Å². The Balaban J connectivity index is 1.44. The van der Waals surface area contributed by atoms with Crippen molar-refractivity contribution < 1.29 is 4.74 Å². The van der Waals surface area contributed by atoms with Crippen molar-refractivity contribution in [1.82, 2.24) is 14.8 Å². The summed E-state index contributed by atoms with van der Waals surface area (Å²) in [5.41, 5.74) is 3.21. The fraction of sp³-hybridized carbons (Fsp3) is 0.429. The third-order valence-corrected chi connectivity index (χ3v) is 5.77. The molecule has 142 valence electrons. The van der Waals surface area contributed by atoms with E-state index in [4.69, 9.17) is 21.3 Å². The molecule has 1 aliphatic rings. The molecule has 0 bridgehead atoms. The number of pyridine rings is 1. The highest BCUT2D eigenvalue weighted by Crippen LogP contribution is 2.32. The Bertz CT molecular complexity index is 968. The highest BCUT2D eigenvalue weighted by Gasteiger charge is 2.26. The van der Waals surface area contributed by atoms with E-state index >= 15 is 0 Å². The molecule has 0 aliphatic heterocycles. The number of nitrogens with zero attached hydrogens (tertiary/aromatic N) is 3. The van der Waals surface area contributed by atoms with Gasteiger partial charge in [-0.25, -0.2) is 4.98 Å². The summed E-state index contributed by atoms with van der Waals surface area (Å²) in [6.07, 6.45) is 6.28. The van der Waals surface area contributed by atoms with Crippen LogP contribution in [0.15, 0.2) is 30.5 Å². The Labute approximate surface area is 164 Å². The molecular weight excluding hydrogens is 360 g/mol. The van der Waals surface area contributed by atoms with Gasteiger partial charge in [0.15, 0.2) is 0 Å². The summed E-state index contributed by atoms with van der Waals surface area (Å²) in [7, 11) is 3.60. The molecule has 6 heteroatoms. The monoisotopic (exact) mass is 384 g/mol. The fourth-order valence-electron chi connectivity index (χ4n) is 4.09. The molecule has 3 aromatic rings. The van der Waals surface area contributed by atoms with Crippen molar-refractivity contribution in [3.8, 4) is 5.75 Å². The smallest absolute Gasteiger partial charge is 0.127 e. The molecule has 0 radical (unpaired) electrons. The van der Waals surface area contributed by atoms with E-state index in [1.807, 2.05) is 31.4 Å². The van der Waals surface area contributed by atoms with Crippen LogP contribution in [0.1, 0.15) is 30.5 Å². The first-order valence-corrected chi connectivity index (χ1v) is 9.79. The third-order valence-electron chi connectivity index (χ3n) is 5.45. The van der Waals surface area contributed by atoms with Crippen LogP contribution in [-0.4, -0.2) is 27.9 Å². The first-order valence-electron chi connectivity index (χ1n) is 9.42. The van der Waals surface area contributed by atoms with Gasteiger partial charge < -0.3 is 10.1 Å². The Morgan fingerprint density at radius 3 is 2.89 bits per heavy atom. The SMILES string of the molecule is COc1ccc2nc(N[C@H]3CC[C@H](Cc4nn(C)cc4Cl)C3)cc(C)c2c1. The zero-order chi connectivity index (χ0) is 19.0. The Kier molecular flexibility index (Phi) is 4.96. The first kappa shape index (κ1) is 18.1. The van der Waals surface area contributed by atoms with E-state index in [2.05, 4.69) is 23.4 Å². The van der Waals surface area contributed by atoms with Crippen molar-refractivity contribution in [3.05, 3.63) is 46.7 Å². The predicted octanol–water partition coefficient (Wildman–Crippen LogP) is 4.76. The number of ether oxygens (including phenoxy) is 1. The summed E-state index contributed by atoms with van der Waals surface area (Å²) >= 11 is 6.27. The highest BCUT2D eigenvalue weighted by atomic mass is 35.5. The summed E-state index contributed by atoms with van der Waals surface area (Å²) in [6, 6.07) is 8.60. The molecule has 4 rings (SSSR count). The van der Waals surface area contributed by atoms with E-state index in [0.717, 1.165) is 52.4 Å². The van der Waals surface area contributed by atoms with Gasteiger partial charge in [0.05, 0.1) is 23.3 Å². The van der Waals surface area contributed by atoms with Crippen molar-refractivity contribution >= 4 is 28.3 Å². The molecule has 0 amide bonds. The molecule has 1 saturated carbocycles. The average molecular weight is 385 g/mol. The normalized spacial score (nSPS) is 19.6. The first-order chi connectivity index (χ1) is 13.0. The molecule has 1 N–H and O–H groups in total. The minimum Gasteiger partial charge on any atom is -0.497 e. The summed E-state index contributed by atoms with van der Waals surface area (Å²) < 4.78 is 7.12. The lowest BCUT2D eigenvalue weighted by atomic mass is 10.0. The third kappa shape index (κ3) is 3.88. The number of aryl methyl sites for hydroxylation is 2. The zero-order valence-corrected chi connectivity index (χ0v) is 16.8. The Hall–Kier alpha value is -2.27. The molecule has 1 aliphatic carbocycles. The van der Waals surface area contributed by atoms with Crippen molar-refractivity contribution in [1.29, 1.82) is 0 Å². The van der Waals surface area contributed by atoms with Crippen molar-refractivity contribution in [2.75, 3.05) is 12.4 Å². The Morgan fingerprint density at radius 1 is 1.30 bits per heavy atom. The maximum absolute atomic E-state index is 6.27. The van der Waals surface area contributed by atoms with Gasteiger partial charge in [0.2, 0.25) is 0 Å². The van der Waals surface area contributed by atoms with Crippen molar-refractivity contribution in [2.45, 2.75) is 38.6 Å². The van der Waals surface area contributed by atoms with Crippen LogP contribution in [-0.2, 0) is 13.5 Å². The Morgan fingerprint density at radius 2 is 2.15 bits per heavy atom. The minimum absolute atomic E-state index is 0.445. The van der Waals surface area contributed by atoms with Gasteiger partial charge in [0.25, 0.3) is 0 Å². The molecule has 2 atom stereocenters. The standard InChI is InChI=1S/C21H25ClN4O/c1-13-8-21(24-19-7-6-16(27-3)11-17(13)19)23-15-5-4-14(9-15)10-20-18(22)12-26(2)25-20/h6-8,11-12,14-15H,4-5,9-10H2,1-3H3,(H,23,24)/t14-,15-/m0/s1. The lowest BCUT2D eigenvalue weighted by Gasteiger charge is -2.15. The van der Waals surface area contributed by atoms with E-state index in [-0.39, 0.29) is 0 Å². The van der Waals surface area contributed by atoms with Crippen molar-refractivity contribution in [2.24, 2.45) is 13.0 Å². The number of anilines is 1. The summed E-state index contributed by atoms with van der Waals surface area (Å²) in [5.74, 6) is 2.42. The quantitative estimate of drug-likeness (QED) is 0.688. The predicted molar refractivity (Wildman–Crippen MR) is 110 cm³/mol. The second-order valence-electron chi connectivity index (χ2n) is 7.53. The van der Waals surface area contributed by atoms with E-state index in [0.29, 0.717) is 12.0 Å². The molecular formula is C21H25ClN4O. The largest absolute Gasteiger partial charge is 0.497 e. The van der Waals surface area contributed by atoms with E-state index in [1.54, 1.807) is 11.8 Å². The summed E-state index contributed by atoms with van der Waals surface area (Å²) in [4.78, 5) is 4.80. The molecule has 1 fully saturated rings. The average Bonchev–Trinajstić information content (AvgIpc) is 3.20. The van der Waals surface area contributed by atoms with Crippen LogP contribution < -0.4 is 10.1 Å². The van der Waals surface area contributed by atoms with Crippen LogP contribution in [0.25, 0.3) is 10.9 Å². The second-order valence-corrected chi connectivity index (χ2v) is 7.94. The van der Waals surface area contributed by atoms with Crippen LogP contribution in [0.5, 0.6) is 5.75 Å². The molecule has 2 aromatic heterocycles. The molecule has 5 nitrogen and oxygen atoms in total.